The van der Waals surface area contributed by atoms with Gasteiger partial charge in [0, 0.05) is 5.57 Å². The number of ketones is 1. The van der Waals surface area contributed by atoms with Crippen LogP contribution in [0.4, 0.5) is 0 Å². The summed E-state index contributed by atoms with van der Waals surface area (Å²) in [7, 11) is 0. The van der Waals surface area contributed by atoms with E-state index in [0.29, 0.717) is 55.5 Å². The number of nitrogens with one attached hydrogen (secondary N) is 1. The van der Waals surface area contributed by atoms with Crippen molar-refractivity contribution in [3.63, 3.8) is 0 Å². The van der Waals surface area contributed by atoms with Gasteiger partial charge in [-0.1, -0.05) is 36.9 Å². The average Bonchev–Trinajstić information content (AvgIpc) is 3.16. The molecule has 2 aliphatic heterocycles. The van der Waals surface area contributed by atoms with Crippen molar-refractivity contribution in [1.29, 1.82) is 0 Å². The summed E-state index contributed by atoms with van der Waals surface area (Å²) in [5, 5.41) is 13.7. The van der Waals surface area contributed by atoms with Crippen LogP contribution in [0.2, 0.25) is 0 Å². The van der Waals surface area contributed by atoms with Crippen LogP contribution in [0.25, 0.3) is 5.76 Å². The maximum atomic E-state index is 13.7. The fourth-order valence-electron chi connectivity index (χ4n) is 4.71. The lowest BCUT2D eigenvalue weighted by atomic mass is 9.95. The van der Waals surface area contributed by atoms with Gasteiger partial charge in [0.15, 0.2) is 0 Å². The van der Waals surface area contributed by atoms with E-state index >= 15 is 0 Å². The second-order valence-electron chi connectivity index (χ2n) is 9.69. The summed E-state index contributed by atoms with van der Waals surface area (Å²) in [6.07, 6.45) is 0.888. The molecule has 2 heterocycles. The van der Waals surface area contributed by atoms with E-state index in [1.165, 1.54) is 4.90 Å². The second-order valence-corrected chi connectivity index (χ2v) is 9.69. The van der Waals surface area contributed by atoms with E-state index in [9.17, 15) is 14.7 Å². The zero-order valence-electron chi connectivity index (χ0n) is 21.8. The number of benzene rings is 2. The zero-order chi connectivity index (χ0) is 26.4. The summed E-state index contributed by atoms with van der Waals surface area (Å²) in [4.78, 5) is 29.3. The molecule has 4 rings (SSSR count). The van der Waals surface area contributed by atoms with Crippen LogP contribution >= 0.6 is 0 Å². The highest BCUT2D eigenvalue weighted by atomic mass is 16.5. The molecule has 1 unspecified atom stereocenters. The number of rotatable bonds is 10. The van der Waals surface area contributed by atoms with Crippen molar-refractivity contribution in [3.8, 4) is 11.5 Å². The molecule has 0 bridgehead atoms. The summed E-state index contributed by atoms with van der Waals surface area (Å²) >= 11 is 0. The summed E-state index contributed by atoms with van der Waals surface area (Å²) in [6, 6.07) is 13.3. The molecule has 2 fully saturated rings. The topological polar surface area (TPSA) is 92.6 Å². The number of carbonyl (C=O) groups excluding carboxylic acids is 2. The van der Waals surface area contributed by atoms with Gasteiger partial charge in [0.2, 0.25) is 5.78 Å². The molecule has 0 spiro atoms. The standard InChI is InChI=1S/C29H36N2O6/c1-4-17-36-23-9-5-21(6-10-23)26-25(27(32)22-7-11-24(12-8-22)37-20(2)3)28(33)29(34)31(26)14-13-30-15-18-35-19-16-30/h5-12,20,26,32H,4,13-19H2,1-3H3. The van der Waals surface area contributed by atoms with Crippen molar-refractivity contribution >= 4 is 17.4 Å². The lowest BCUT2D eigenvalue weighted by Crippen LogP contribution is -3.14. The molecule has 0 aliphatic carbocycles. The van der Waals surface area contributed by atoms with E-state index in [0.717, 1.165) is 19.5 Å². The van der Waals surface area contributed by atoms with Crippen molar-refractivity contribution < 1.29 is 33.8 Å². The third-order valence-corrected chi connectivity index (χ3v) is 6.59. The number of ether oxygens (including phenoxy) is 3. The molecule has 37 heavy (non-hydrogen) atoms. The monoisotopic (exact) mass is 508 g/mol. The molecule has 8 nitrogen and oxygen atoms in total. The minimum atomic E-state index is -0.750. The Hall–Kier alpha value is -3.36. The van der Waals surface area contributed by atoms with E-state index in [1.54, 1.807) is 29.2 Å². The minimum absolute atomic E-state index is 0.000714. The Morgan fingerprint density at radius 2 is 1.70 bits per heavy atom. The predicted octanol–water partition coefficient (Wildman–Crippen LogP) is 1.40. The van der Waals surface area contributed by atoms with Crippen molar-refractivity contribution in [3.05, 3.63) is 65.2 Å². The number of hydrogen-bond donors (Lipinski definition) is 1. The molecule has 1 amide bonds. The largest absolute Gasteiger partial charge is 0.872 e. The number of hydrogen-bond acceptors (Lipinski definition) is 6. The Morgan fingerprint density at radius 3 is 2.32 bits per heavy atom. The summed E-state index contributed by atoms with van der Waals surface area (Å²) in [5.74, 6) is -0.460. The van der Waals surface area contributed by atoms with Gasteiger partial charge in [0.25, 0.3) is 5.91 Å². The molecule has 0 radical (unpaired) electrons. The van der Waals surface area contributed by atoms with Crippen molar-refractivity contribution in [1.82, 2.24) is 4.90 Å². The van der Waals surface area contributed by atoms with Crippen molar-refractivity contribution in [2.45, 2.75) is 39.3 Å². The number of Topliss-reactive ketones (excluding diaryl/α,β-unsaturated/α-hetero) is 1. The smallest absolute Gasteiger partial charge is 0.295 e. The fourth-order valence-corrected chi connectivity index (χ4v) is 4.71. The predicted molar refractivity (Wildman–Crippen MR) is 137 cm³/mol. The molecule has 2 saturated heterocycles. The SMILES string of the molecule is CCCOc1ccc(C2C(=C([O-])c3ccc(OC(C)C)cc3)C(=O)C(=O)N2CC[NH+]2CCOCC2)cc1. The van der Waals surface area contributed by atoms with E-state index in [2.05, 4.69) is 0 Å². The van der Waals surface area contributed by atoms with Gasteiger partial charge in [0.1, 0.15) is 24.6 Å². The molecule has 0 aromatic heterocycles. The Bertz CT molecular complexity index is 1100. The lowest BCUT2D eigenvalue weighted by Gasteiger charge is -2.30. The quantitative estimate of drug-likeness (QED) is 0.296. The molecular formula is C29H36N2O6. The number of nitrogens with zero attached hydrogens (tertiary/aromatic N) is 1. The van der Waals surface area contributed by atoms with Crippen LogP contribution < -0.4 is 19.5 Å². The van der Waals surface area contributed by atoms with Crippen LogP contribution in [0.15, 0.2) is 54.1 Å². The van der Waals surface area contributed by atoms with Gasteiger partial charge in [-0.05, 0) is 55.7 Å². The third-order valence-electron chi connectivity index (χ3n) is 6.59. The van der Waals surface area contributed by atoms with Crippen LogP contribution in [0.3, 0.4) is 0 Å². The molecule has 198 valence electrons. The van der Waals surface area contributed by atoms with Crippen LogP contribution in [-0.4, -0.2) is 68.7 Å². The first kappa shape index (κ1) is 26.7. The van der Waals surface area contributed by atoms with Gasteiger partial charge in [-0.3, -0.25) is 9.59 Å². The Balaban J connectivity index is 1.68. The fraction of sp³-hybridized carbons (Fsp3) is 0.448. The maximum Gasteiger partial charge on any atom is 0.295 e. The van der Waals surface area contributed by atoms with E-state index in [1.807, 2.05) is 45.0 Å². The van der Waals surface area contributed by atoms with Gasteiger partial charge in [-0.25, -0.2) is 0 Å². The molecule has 2 aromatic carbocycles. The first-order chi connectivity index (χ1) is 17.9. The molecule has 2 aliphatic rings. The third kappa shape index (κ3) is 6.32. The highest BCUT2D eigenvalue weighted by molar-refractivity contribution is 6.46. The minimum Gasteiger partial charge on any atom is -0.872 e. The van der Waals surface area contributed by atoms with Gasteiger partial charge >= 0.3 is 0 Å². The van der Waals surface area contributed by atoms with E-state index in [4.69, 9.17) is 14.2 Å². The normalized spacial score (nSPS) is 20.0. The number of carbonyl (C=O) groups is 2. The Morgan fingerprint density at radius 1 is 1.05 bits per heavy atom. The van der Waals surface area contributed by atoms with Crippen LogP contribution in [0.5, 0.6) is 11.5 Å². The van der Waals surface area contributed by atoms with Gasteiger partial charge in [-0.2, -0.15) is 0 Å². The first-order valence-corrected chi connectivity index (χ1v) is 13.1. The van der Waals surface area contributed by atoms with Gasteiger partial charge < -0.3 is 29.1 Å². The highest BCUT2D eigenvalue weighted by Crippen LogP contribution is 2.39. The van der Waals surface area contributed by atoms with E-state index < -0.39 is 23.5 Å². The number of amides is 1. The first-order valence-electron chi connectivity index (χ1n) is 13.1. The molecule has 1 N–H and O–H groups in total. The Kier molecular flexibility index (Phi) is 8.84. The zero-order valence-corrected chi connectivity index (χ0v) is 21.8. The summed E-state index contributed by atoms with van der Waals surface area (Å²) in [6.45, 7) is 10.6. The number of likely N-dealkylation sites (tertiary alicyclic amines) is 1. The molecule has 0 saturated carbocycles. The maximum absolute atomic E-state index is 13.7. The van der Waals surface area contributed by atoms with Crippen LogP contribution in [-0.2, 0) is 14.3 Å². The Labute approximate surface area is 218 Å². The summed E-state index contributed by atoms with van der Waals surface area (Å²) < 4.78 is 16.8. The van der Waals surface area contributed by atoms with Crippen LogP contribution in [0.1, 0.15) is 44.4 Å². The van der Waals surface area contributed by atoms with Gasteiger partial charge in [0.05, 0.1) is 45.1 Å². The van der Waals surface area contributed by atoms with Crippen molar-refractivity contribution in [2.24, 2.45) is 0 Å². The molecule has 2 aromatic rings. The van der Waals surface area contributed by atoms with Gasteiger partial charge in [-0.15, -0.1) is 0 Å². The van der Waals surface area contributed by atoms with Crippen molar-refractivity contribution in [2.75, 3.05) is 46.0 Å². The summed E-state index contributed by atoms with van der Waals surface area (Å²) in [5.41, 5.74) is 1.05. The lowest BCUT2D eigenvalue weighted by molar-refractivity contribution is -0.907. The highest BCUT2D eigenvalue weighted by Gasteiger charge is 2.44. The molecule has 1 atom stereocenters. The second kappa shape index (κ2) is 12.3. The average molecular weight is 509 g/mol. The molecule has 8 heteroatoms. The number of quaternary nitrogens is 1. The van der Waals surface area contributed by atoms with E-state index in [-0.39, 0.29) is 11.7 Å². The molecular weight excluding hydrogens is 472 g/mol. The van der Waals surface area contributed by atoms with Crippen LogP contribution in [0, 0.1) is 0 Å². The number of morpholine rings is 1.